The number of anilines is 1. The highest BCUT2D eigenvalue weighted by atomic mass is 79.9. The average Bonchev–Trinajstić information content (AvgIpc) is 2.68. The highest BCUT2D eigenvalue weighted by Gasteiger charge is 2.24. The molecular weight excluding hydrogens is 268 g/mol. The number of carbonyl (C=O) groups excluding carboxylic acids is 1. The Morgan fingerprint density at radius 1 is 1.56 bits per heavy atom. The predicted octanol–water partition coefficient (Wildman–Crippen LogP) is 2.51. The van der Waals surface area contributed by atoms with Crippen LogP contribution in [0.25, 0.3) is 0 Å². The van der Waals surface area contributed by atoms with Gasteiger partial charge < -0.3 is 10.6 Å². The van der Waals surface area contributed by atoms with Crippen LogP contribution >= 0.6 is 15.9 Å². The third-order valence-corrected chi connectivity index (χ3v) is 3.65. The smallest absolute Gasteiger partial charge is 0.253 e. The SMILES string of the molecule is CC1CCN(C(=O)c2ccc(N)c(Br)c2)C1. The molecule has 1 atom stereocenters. The standard InChI is InChI=1S/C12H15BrN2O/c1-8-4-5-15(7-8)12(16)9-2-3-11(14)10(13)6-9/h2-3,6,8H,4-5,7,14H2,1H3. The summed E-state index contributed by atoms with van der Waals surface area (Å²) in [6.07, 6.45) is 1.10. The van der Waals surface area contributed by atoms with Gasteiger partial charge in [-0.25, -0.2) is 0 Å². The molecule has 1 aliphatic rings. The lowest BCUT2D eigenvalue weighted by Gasteiger charge is -2.16. The van der Waals surface area contributed by atoms with E-state index in [-0.39, 0.29) is 5.91 Å². The molecule has 0 spiro atoms. The number of rotatable bonds is 1. The van der Waals surface area contributed by atoms with Gasteiger partial charge in [-0.1, -0.05) is 6.92 Å². The van der Waals surface area contributed by atoms with Crippen molar-refractivity contribution in [3.05, 3.63) is 28.2 Å². The molecule has 1 amide bonds. The molecule has 1 heterocycles. The first-order chi connectivity index (χ1) is 7.58. The van der Waals surface area contributed by atoms with Crippen molar-refractivity contribution in [3.63, 3.8) is 0 Å². The van der Waals surface area contributed by atoms with Crippen molar-refractivity contribution >= 4 is 27.5 Å². The van der Waals surface area contributed by atoms with Gasteiger partial charge >= 0.3 is 0 Å². The van der Waals surface area contributed by atoms with Gasteiger partial charge in [-0.05, 0) is 46.5 Å². The first kappa shape index (κ1) is 11.5. The summed E-state index contributed by atoms with van der Waals surface area (Å²) in [7, 11) is 0. The number of carbonyl (C=O) groups is 1. The van der Waals surface area contributed by atoms with Crippen molar-refractivity contribution < 1.29 is 4.79 Å². The van der Waals surface area contributed by atoms with Crippen LogP contribution in [0.5, 0.6) is 0 Å². The molecule has 0 radical (unpaired) electrons. The van der Waals surface area contributed by atoms with Crippen LogP contribution < -0.4 is 5.73 Å². The zero-order chi connectivity index (χ0) is 11.7. The Balaban J connectivity index is 2.18. The van der Waals surface area contributed by atoms with Crippen molar-refractivity contribution in [1.82, 2.24) is 4.90 Å². The molecule has 1 saturated heterocycles. The van der Waals surface area contributed by atoms with E-state index in [1.165, 1.54) is 0 Å². The quantitative estimate of drug-likeness (QED) is 0.805. The molecule has 0 aromatic heterocycles. The Morgan fingerprint density at radius 2 is 2.31 bits per heavy atom. The van der Waals surface area contributed by atoms with E-state index in [1.807, 2.05) is 4.90 Å². The second-order valence-corrected chi connectivity index (χ2v) is 5.24. The number of nitrogen functional groups attached to an aromatic ring is 1. The summed E-state index contributed by atoms with van der Waals surface area (Å²) in [6.45, 7) is 3.90. The molecule has 2 rings (SSSR count). The summed E-state index contributed by atoms with van der Waals surface area (Å²) < 4.78 is 0.783. The van der Waals surface area contributed by atoms with Crippen molar-refractivity contribution in [2.24, 2.45) is 5.92 Å². The number of hydrogen-bond acceptors (Lipinski definition) is 2. The van der Waals surface area contributed by atoms with Crippen molar-refractivity contribution in [3.8, 4) is 0 Å². The molecule has 1 aromatic rings. The van der Waals surface area contributed by atoms with Crippen LogP contribution in [0.2, 0.25) is 0 Å². The zero-order valence-corrected chi connectivity index (χ0v) is 10.8. The Morgan fingerprint density at radius 3 is 2.88 bits per heavy atom. The maximum atomic E-state index is 12.1. The molecule has 1 aromatic carbocycles. The molecule has 1 aliphatic heterocycles. The number of amides is 1. The number of halogens is 1. The van der Waals surface area contributed by atoms with E-state index in [2.05, 4.69) is 22.9 Å². The molecule has 4 heteroatoms. The normalized spacial score (nSPS) is 20.1. The third kappa shape index (κ3) is 2.21. The molecule has 1 unspecified atom stereocenters. The summed E-state index contributed by atoms with van der Waals surface area (Å²) >= 11 is 3.34. The maximum Gasteiger partial charge on any atom is 0.253 e. The molecule has 1 fully saturated rings. The van der Waals surface area contributed by atoms with Gasteiger partial charge in [-0.2, -0.15) is 0 Å². The first-order valence-electron chi connectivity index (χ1n) is 5.42. The Labute approximate surface area is 104 Å². The minimum atomic E-state index is 0.102. The van der Waals surface area contributed by atoms with Crippen LogP contribution in [0.4, 0.5) is 5.69 Å². The van der Waals surface area contributed by atoms with Crippen LogP contribution in [0, 0.1) is 5.92 Å². The summed E-state index contributed by atoms with van der Waals surface area (Å²) in [4.78, 5) is 14.0. The molecule has 2 N–H and O–H groups in total. The van der Waals surface area contributed by atoms with Gasteiger partial charge in [0.05, 0.1) is 0 Å². The highest BCUT2D eigenvalue weighted by Crippen LogP contribution is 2.23. The van der Waals surface area contributed by atoms with Crippen molar-refractivity contribution in [2.75, 3.05) is 18.8 Å². The van der Waals surface area contributed by atoms with Crippen LogP contribution in [-0.2, 0) is 0 Å². The van der Waals surface area contributed by atoms with E-state index in [4.69, 9.17) is 5.73 Å². The monoisotopic (exact) mass is 282 g/mol. The highest BCUT2D eigenvalue weighted by molar-refractivity contribution is 9.10. The van der Waals surface area contributed by atoms with Gasteiger partial charge in [0, 0.05) is 28.8 Å². The van der Waals surface area contributed by atoms with Crippen LogP contribution in [0.3, 0.4) is 0 Å². The Hall–Kier alpha value is -1.03. The Kier molecular flexibility index (Phi) is 3.19. The Bertz CT molecular complexity index is 419. The van der Waals surface area contributed by atoms with Gasteiger partial charge in [-0.3, -0.25) is 4.79 Å². The van der Waals surface area contributed by atoms with Gasteiger partial charge in [0.1, 0.15) is 0 Å². The van der Waals surface area contributed by atoms with E-state index >= 15 is 0 Å². The van der Waals surface area contributed by atoms with Crippen molar-refractivity contribution in [2.45, 2.75) is 13.3 Å². The number of hydrogen-bond donors (Lipinski definition) is 1. The van der Waals surface area contributed by atoms with Gasteiger partial charge in [-0.15, -0.1) is 0 Å². The van der Waals surface area contributed by atoms with Crippen LogP contribution in [0.1, 0.15) is 23.7 Å². The van der Waals surface area contributed by atoms with E-state index in [0.717, 1.165) is 24.0 Å². The summed E-state index contributed by atoms with van der Waals surface area (Å²) in [5.74, 6) is 0.714. The molecule has 0 saturated carbocycles. The van der Waals surface area contributed by atoms with Crippen molar-refractivity contribution in [1.29, 1.82) is 0 Å². The number of nitrogens with zero attached hydrogens (tertiary/aromatic N) is 1. The second kappa shape index (κ2) is 4.45. The number of likely N-dealkylation sites (tertiary alicyclic amines) is 1. The summed E-state index contributed by atoms with van der Waals surface area (Å²) in [5.41, 5.74) is 7.06. The van der Waals surface area contributed by atoms with E-state index < -0.39 is 0 Å². The van der Waals surface area contributed by atoms with Crippen LogP contribution in [-0.4, -0.2) is 23.9 Å². The fourth-order valence-electron chi connectivity index (χ4n) is 1.96. The third-order valence-electron chi connectivity index (χ3n) is 2.96. The number of benzene rings is 1. The van der Waals surface area contributed by atoms with Gasteiger partial charge in [0.2, 0.25) is 0 Å². The summed E-state index contributed by atoms with van der Waals surface area (Å²) in [5, 5.41) is 0. The van der Waals surface area contributed by atoms with E-state index in [1.54, 1.807) is 18.2 Å². The van der Waals surface area contributed by atoms with E-state index in [9.17, 15) is 4.79 Å². The lowest BCUT2D eigenvalue weighted by atomic mass is 10.1. The lowest BCUT2D eigenvalue weighted by Crippen LogP contribution is -2.28. The topological polar surface area (TPSA) is 46.3 Å². The average molecular weight is 283 g/mol. The molecule has 16 heavy (non-hydrogen) atoms. The minimum Gasteiger partial charge on any atom is -0.398 e. The minimum absolute atomic E-state index is 0.102. The predicted molar refractivity (Wildman–Crippen MR) is 68.2 cm³/mol. The molecule has 0 bridgehead atoms. The largest absolute Gasteiger partial charge is 0.398 e. The number of nitrogens with two attached hydrogens (primary N) is 1. The molecule has 3 nitrogen and oxygen atoms in total. The zero-order valence-electron chi connectivity index (χ0n) is 9.24. The van der Waals surface area contributed by atoms with Gasteiger partial charge in [0.15, 0.2) is 0 Å². The van der Waals surface area contributed by atoms with Gasteiger partial charge in [0.25, 0.3) is 5.91 Å². The maximum absolute atomic E-state index is 12.1. The first-order valence-corrected chi connectivity index (χ1v) is 6.21. The summed E-state index contributed by atoms with van der Waals surface area (Å²) in [6, 6.07) is 5.34. The molecular formula is C12H15BrN2O. The second-order valence-electron chi connectivity index (χ2n) is 4.38. The molecule has 0 aliphatic carbocycles. The fourth-order valence-corrected chi connectivity index (χ4v) is 2.34. The fraction of sp³-hybridized carbons (Fsp3) is 0.417. The lowest BCUT2D eigenvalue weighted by molar-refractivity contribution is 0.0788. The molecule has 86 valence electrons. The van der Waals surface area contributed by atoms with E-state index in [0.29, 0.717) is 17.2 Å². The van der Waals surface area contributed by atoms with Crippen LogP contribution in [0.15, 0.2) is 22.7 Å².